The van der Waals surface area contributed by atoms with Gasteiger partial charge in [-0.05, 0) is 12.8 Å². The van der Waals surface area contributed by atoms with Gasteiger partial charge in [0.1, 0.15) is 5.71 Å². The molecule has 20 heavy (non-hydrogen) atoms. The van der Waals surface area contributed by atoms with Gasteiger partial charge < -0.3 is 9.64 Å². The first-order valence-corrected chi connectivity index (χ1v) is 7.43. The molecule has 0 unspecified atom stereocenters. The van der Waals surface area contributed by atoms with Crippen LogP contribution in [-0.2, 0) is 14.3 Å². The van der Waals surface area contributed by atoms with Gasteiger partial charge in [-0.1, -0.05) is 12.8 Å². The fourth-order valence-electron chi connectivity index (χ4n) is 3.34. The first-order valence-electron chi connectivity index (χ1n) is 7.43. The van der Waals surface area contributed by atoms with Crippen molar-refractivity contribution in [1.29, 1.82) is 0 Å². The van der Waals surface area contributed by atoms with Crippen LogP contribution in [0.1, 0.15) is 38.5 Å². The second kappa shape index (κ2) is 5.52. The summed E-state index contributed by atoms with van der Waals surface area (Å²) in [6.45, 7) is 1.24. The Morgan fingerprint density at radius 3 is 2.90 bits per heavy atom. The van der Waals surface area contributed by atoms with Crippen LogP contribution in [0.15, 0.2) is 5.10 Å². The largest absolute Gasteiger partial charge is 0.374 e. The van der Waals surface area contributed by atoms with Crippen LogP contribution in [0.5, 0.6) is 0 Å². The molecule has 1 saturated carbocycles. The molecular weight excluding hydrogens is 258 g/mol. The minimum atomic E-state index is -0.0286. The number of rotatable bonds is 1. The van der Waals surface area contributed by atoms with E-state index in [0.717, 1.165) is 19.3 Å². The molecular formula is C14H21N3O3. The Kier molecular flexibility index (Phi) is 3.74. The summed E-state index contributed by atoms with van der Waals surface area (Å²) in [6, 6.07) is 0.190. The van der Waals surface area contributed by atoms with Crippen LogP contribution in [0.25, 0.3) is 0 Å². The maximum atomic E-state index is 12.7. The Hall–Kier alpha value is -1.43. The molecule has 1 aliphatic carbocycles. The van der Waals surface area contributed by atoms with Crippen LogP contribution in [0.3, 0.4) is 0 Å². The van der Waals surface area contributed by atoms with E-state index in [9.17, 15) is 9.59 Å². The highest BCUT2D eigenvalue weighted by atomic mass is 16.5. The predicted molar refractivity (Wildman–Crippen MR) is 73.1 cm³/mol. The summed E-state index contributed by atoms with van der Waals surface area (Å²) in [4.78, 5) is 26.0. The Balaban J connectivity index is 1.75. The third kappa shape index (κ3) is 2.44. The molecule has 0 aromatic heterocycles. The Morgan fingerprint density at radius 1 is 1.30 bits per heavy atom. The van der Waals surface area contributed by atoms with E-state index in [-0.39, 0.29) is 24.0 Å². The van der Waals surface area contributed by atoms with E-state index in [1.165, 1.54) is 11.4 Å². The summed E-state index contributed by atoms with van der Waals surface area (Å²) in [5.74, 6) is -0.0383. The van der Waals surface area contributed by atoms with E-state index in [1.807, 2.05) is 4.90 Å². The first kappa shape index (κ1) is 13.5. The lowest BCUT2D eigenvalue weighted by atomic mass is 9.89. The van der Waals surface area contributed by atoms with Gasteiger partial charge in [0.25, 0.3) is 5.91 Å². The zero-order valence-corrected chi connectivity index (χ0v) is 11.9. The van der Waals surface area contributed by atoms with Crippen LogP contribution in [-0.4, -0.2) is 59.8 Å². The average Bonchev–Trinajstić information content (AvgIpc) is 2.49. The summed E-state index contributed by atoms with van der Waals surface area (Å²) in [6.07, 6.45) is 5.40. The van der Waals surface area contributed by atoms with Crippen molar-refractivity contribution in [2.75, 3.05) is 20.2 Å². The molecule has 110 valence electrons. The molecule has 0 radical (unpaired) electrons. The zero-order chi connectivity index (χ0) is 14.1. The van der Waals surface area contributed by atoms with Gasteiger partial charge in [-0.2, -0.15) is 5.10 Å². The lowest BCUT2D eigenvalue weighted by Gasteiger charge is -2.44. The molecule has 0 spiro atoms. The number of fused-ring (bicyclic) bond motifs is 1. The fourth-order valence-corrected chi connectivity index (χ4v) is 3.34. The van der Waals surface area contributed by atoms with E-state index >= 15 is 0 Å². The monoisotopic (exact) mass is 279 g/mol. The minimum Gasteiger partial charge on any atom is -0.374 e. The molecule has 3 aliphatic rings. The van der Waals surface area contributed by atoms with Gasteiger partial charge in [-0.3, -0.25) is 9.59 Å². The number of amides is 2. The summed E-state index contributed by atoms with van der Waals surface area (Å²) in [7, 11) is 1.61. The molecule has 6 heteroatoms. The second-order valence-electron chi connectivity index (χ2n) is 5.72. The molecule has 6 nitrogen and oxygen atoms in total. The molecule has 2 amide bonds. The van der Waals surface area contributed by atoms with Crippen molar-refractivity contribution in [1.82, 2.24) is 9.91 Å². The lowest BCUT2D eigenvalue weighted by Crippen LogP contribution is -2.56. The topological polar surface area (TPSA) is 62.2 Å². The molecule has 2 heterocycles. The number of hydrogen-bond acceptors (Lipinski definition) is 4. The molecule has 3 rings (SSSR count). The number of nitrogens with zero attached hydrogens (tertiary/aromatic N) is 3. The summed E-state index contributed by atoms with van der Waals surface area (Å²) in [5.41, 5.74) is 0.512. The van der Waals surface area contributed by atoms with Crippen LogP contribution < -0.4 is 0 Å². The molecule has 1 saturated heterocycles. The standard InChI is InChI=1S/C14H21N3O3/c1-16-13(18)7-6-10(15-16)14(19)17-8-9-20-12-5-3-2-4-11(12)17/h11-12H,2-9H2,1H3/t11-,12+/m1/s1. The molecule has 0 aromatic rings. The number of carbonyl (C=O) groups is 2. The number of ether oxygens (including phenoxy) is 1. The van der Waals surface area contributed by atoms with Gasteiger partial charge in [0.15, 0.2) is 0 Å². The van der Waals surface area contributed by atoms with Gasteiger partial charge in [0.05, 0.1) is 18.8 Å². The van der Waals surface area contributed by atoms with Crippen LogP contribution in [0, 0.1) is 0 Å². The maximum Gasteiger partial charge on any atom is 0.270 e. The Bertz CT molecular complexity index is 447. The number of hydrazone groups is 1. The van der Waals surface area contributed by atoms with Crippen LogP contribution >= 0.6 is 0 Å². The average molecular weight is 279 g/mol. The van der Waals surface area contributed by atoms with Crippen molar-refractivity contribution >= 4 is 17.5 Å². The molecule has 2 atom stereocenters. The number of hydrogen-bond donors (Lipinski definition) is 0. The molecule has 0 N–H and O–H groups in total. The molecule has 2 aliphatic heterocycles. The summed E-state index contributed by atoms with van der Waals surface area (Å²) < 4.78 is 5.79. The van der Waals surface area contributed by atoms with Crippen LogP contribution in [0.2, 0.25) is 0 Å². The Morgan fingerprint density at radius 2 is 2.10 bits per heavy atom. The van der Waals surface area contributed by atoms with E-state index in [2.05, 4.69) is 5.10 Å². The van der Waals surface area contributed by atoms with Gasteiger partial charge in [-0.15, -0.1) is 0 Å². The first-order chi connectivity index (χ1) is 9.66. The smallest absolute Gasteiger partial charge is 0.270 e. The van der Waals surface area contributed by atoms with E-state index in [1.54, 1.807) is 7.05 Å². The van der Waals surface area contributed by atoms with Crippen molar-refractivity contribution < 1.29 is 14.3 Å². The lowest BCUT2D eigenvalue weighted by molar-refractivity contribution is -0.143. The highest BCUT2D eigenvalue weighted by molar-refractivity contribution is 6.39. The van der Waals surface area contributed by atoms with E-state index in [0.29, 0.717) is 31.7 Å². The minimum absolute atomic E-state index is 0.00968. The van der Waals surface area contributed by atoms with Crippen molar-refractivity contribution in [2.24, 2.45) is 5.10 Å². The molecule has 2 fully saturated rings. The summed E-state index contributed by atoms with van der Waals surface area (Å²) >= 11 is 0. The van der Waals surface area contributed by atoms with Gasteiger partial charge in [0, 0.05) is 26.4 Å². The van der Waals surface area contributed by atoms with Crippen molar-refractivity contribution in [3.8, 4) is 0 Å². The predicted octanol–water partition coefficient (Wildman–Crippen LogP) is 0.765. The number of morpholine rings is 1. The zero-order valence-electron chi connectivity index (χ0n) is 11.9. The quantitative estimate of drug-likeness (QED) is 0.712. The highest BCUT2D eigenvalue weighted by Crippen LogP contribution is 2.29. The third-order valence-electron chi connectivity index (χ3n) is 4.45. The van der Waals surface area contributed by atoms with E-state index < -0.39 is 0 Å². The van der Waals surface area contributed by atoms with Gasteiger partial charge in [0.2, 0.25) is 5.91 Å². The normalized spacial score (nSPS) is 30.9. The van der Waals surface area contributed by atoms with Gasteiger partial charge >= 0.3 is 0 Å². The van der Waals surface area contributed by atoms with E-state index in [4.69, 9.17) is 4.74 Å². The van der Waals surface area contributed by atoms with Crippen molar-refractivity contribution in [3.63, 3.8) is 0 Å². The molecule has 0 bridgehead atoms. The molecule has 0 aromatic carbocycles. The third-order valence-corrected chi connectivity index (χ3v) is 4.45. The Labute approximate surface area is 118 Å². The van der Waals surface area contributed by atoms with Crippen molar-refractivity contribution in [3.05, 3.63) is 0 Å². The summed E-state index contributed by atoms with van der Waals surface area (Å²) in [5, 5.41) is 5.43. The van der Waals surface area contributed by atoms with Gasteiger partial charge in [-0.25, -0.2) is 5.01 Å². The SMILES string of the molecule is CN1N=C(C(=O)N2CCO[C@H]3CCCC[C@H]32)CCC1=O. The second-order valence-corrected chi connectivity index (χ2v) is 5.72. The fraction of sp³-hybridized carbons (Fsp3) is 0.786. The highest BCUT2D eigenvalue weighted by Gasteiger charge is 2.38. The van der Waals surface area contributed by atoms with Crippen molar-refractivity contribution in [2.45, 2.75) is 50.7 Å². The maximum absolute atomic E-state index is 12.7. The number of carbonyl (C=O) groups excluding carboxylic acids is 2. The van der Waals surface area contributed by atoms with Crippen LogP contribution in [0.4, 0.5) is 0 Å².